The molecule has 0 heterocycles. The van der Waals surface area contributed by atoms with Crippen LogP contribution in [0.4, 0.5) is 4.39 Å². The van der Waals surface area contributed by atoms with Gasteiger partial charge in [0.25, 0.3) is 0 Å². The average molecular weight is 280 g/mol. The van der Waals surface area contributed by atoms with Crippen LogP contribution in [0.5, 0.6) is 5.75 Å². The van der Waals surface area contributed by atoms with E-state index < -0.39 is 0 Å². The summed E-state index contributed by atoms with van der Waals surface area (Å²) in [6.07, 6.45) is 3.86. The first-order chi connectivity index (χ1) is 9.63. The van der Waals surface area contributed by atoms with Crippen LogP contribution in [-0.2, 0) is 6.54 Å². The predicted molar refractivity (Wildman–Crippen MR) is 79.5 cm³/mol. The molecule has 112 valence electrons. The highest BCUT2D eigenvalue weighted by Crippen LogP contribution is 2.26. The van der Waals surface area contributed by atoms with Gasteiger partial charge < -0.3 is 15.0 Å². The Morgan fingerprint density at radius 3 is 2.85 bits per heavy atom. The number of benzene rings is 1. The summed E-state index contributed by atoms with van der Waals surface area (Å²) in [5.41, 5.74) is 0.991. The molecule has 2 atom stereocenters. The second-order valence-electron chi connectivity index (χ2n) is 5.75. The van der Waals surface area contributed by atoms with Crippen molar-refractivity contribution >= 4 is 0 Å². The van der Waals surface area contributed by atoms with Crippen LogP contribution in [0.2, 0.25) is 0 Å². The molecule has 1 aromatic rings. The van der Waals surface area contributed by atoms with Crippen LogP contribution in [-0.4, -0.2) is 38.7 Å². The lowest BCUT2D eigenvalue weighted by Gasteiger charge is -2.25. The molecule has 0 spiro atoms. The number of nitrogens with one attached hydrogen (secondary N) is 1. The zero-order valence-corrected chi connectivity index (χ0v) is 12.7. The molecule has 1 fully saturated rings. The highest BCUT2D eigenvalue weighted by molar-refractivity contribution is 5.29. The molecule has 0 amide bonds. The normalized spacial score (nSPS) is 22.4. The van der Waals surface area contributed by atoms with Crippen LogP contribution in [0.3, 0.4) is 0 Å². The Hall–Kier alpha value is -1.13. The predicted octanol–water partition coefficient (Wildman–Crippen LogP) is 2.65. The van der Waals surface area contributed by atoms with Crippen LogP contribution in [0.1, 0.15) is 24.8 Å². The second kappa shape index (κ2) is 7.04. The Kier molecular flexibility index (Phi) is 5.38. The maximum Gasteiger partial charge on any atom is 0.165 e. The van der Waals surface area contributed by atoms with Crippen LogP contribution < -0.4 is 10.1 Å². The number of ether oxygens (including phenoxy) is 1. The van der Waals surface area contributed by atoms with Gasteiger partial charge in [0.15, 0.2) is 11.6 Å². The first-order valence-electron chi connectivity index (χ1n) is 7.32. The topological polar surface area (TPSA) is 24.5 Å². The second-order valence-corrected chi connectivity index (χ2v) is 5.75. The summed E-state index contributed by atoms with van der Waals surface area (Å²) in [6.45, 7) is 1.83. The van der Waals surface area contributed by atoms with E-state index in [2.05, 4.69) is 17.3 Å². The van der Waals surface area contributed by atoms with Gasteiger partial charge in [0.2, 0.25) is 0 Å². The minimum Gasteiger partial charge on any atom is -0.494 e. The number of hydrogen-bond acceptors (Lipinski definition) is 3. The number of methoxy groups -OCH3 is 1. The molecule has 1 aliphatic carbocycles. The molecule has 1 aliphatic rings. The molecule has 0 aromatic heterocycles. The van der Waals surface area contributed by atoms with Gasteiger partial charge in [-0.2, -0.15) is 0 Å². The molecular weight excluding hydrogens is 255 g/mol. The van der Waals surface area contributed by atoms with E-state index in [1.54, 1.807) is 12.1 Å². The summed E-state index contributed by atoms with van der Waals surface area (Å²) in [7, 11) is 5.64. The summed E-state index contributed by atoms with van der Waals surface area (Å²) in [6, 6.07) is 5.83. The van der Waals surface area contributed by atoms with E-state index in [-0.39, 0.29) is 5.82 Å². The number of hydrogen-bond donors (Lipinski definition) is 1. The molecule has 1 N–H and O–H groups in total. The van der Waals surface area contributed by atoms with Gasteiger partial charge in [0.05, 0.1) is 7.11 Å². The Bertz CT molecular complexity index is 438. The van der Waals surface area contributed by atoms with E-state index in [0.717, 1.165) is 18.7 Å². The van der Waals surface area contributed by atoms with Crippen molar-refractivity contribution in [3.8, 4) is 5.75 Å². The lowest BCUT2D eigenvalue weighted by molar-refractivity contribution is 0.248. The molecule has 2 rings (SSSR count). The van der Waals surface area contributed by atoms with Crippen LogP contribution in [0.15, 0.2) is 18.2 Å². The number of halogens is 1. The molecule has 20 heavy (non-hydrogen) atoms. The molecule has 0 radical (unpaired) electrons. The van der Waals surface area contributed by atoms with Gasteiger partial charge in [-0.15, -0.1) is 0 Å². The molecular formula is C16H25FN2O. The average Bonchev–Trinajstić information content (AvgIpc) is 2.86. The third-order valence-corrected chi connectivity index (χ3v) is 4.24. The molecule has 1 saturated carbocycles. The maximum atomic E-state index is 13.7. The van der Waals surface area contributed by atoms with Gasteiger partial charge in [0.1, 0.15) is 0 Å². The van der Waals surface area contributed by atoms with Crippen molar-refractivity contribution in [2.24, 2.45) is 5.92 Å². The van der Waals surface area contributed by atoms with Gasteiger partial charge in [-0.1, -0.05) is 12.5 Å². The SMILES string of the molecule is CNC1CCCC1CN(C)Cc1ccc(OC)c(F)c1. The van der Waals surface area contributed by atoms with E-state index in [1.165, 1.54) is 26.4 Å². The molecule has 0 bridgehead atoms. The quantitative estimate of drug-likeness (QED) is 0.867. The molecule has 2 unspecified atom stereocenters. The third-order valence-electron chi connectivity index (χ3n) is 4.24. The Morgan fingerprint density at radius 2 is 2.20 bits per heavy atom. The summed E-state index contributed by atoms with van der Waals surface area (Å²) in [5, 5.41) is 3.40. The van der Waals surface area contributed by atoms with Crippen molar-refractivity contribution in [2.75, 3.05) is 27.7 Å². The molecule has 0 saturated heterocycles. The van der Waals surface area contributed by atoms with Gasteiger partial charge in [0, 0.05) is 19.1 Å². The highest BCUT2D eigenvalue weighted by atomic mass is 19.1. The molecule has 0 aliphatic heterocycles. The maximum absolute atomic E-state index is 13.7. The Balaban J connectivity index is 1.91. The van der Waals surface area contributed by atoms with Crippen molar-refractivity contribution in [2.45, 2.75) is 31.8 Å². The fraction of sp³-hybridized carbons (Fsp3) is 0.625. The highest BCUT2D eigenvalue weighted by Gasteiger charge is 2.26. The lowest BCUT2D eigenvalue weighted by Crippen LogP contribution is -2.36. The lowest BCUT2D eigenvalue weighted by atomic mass is 10.0. The smallest absolute Gasteiger partial charge is 0.165 e. The minimum absolute atomic E-state index is 0.285. The Morgan fingerprint density at radius 1 is 1.40 bits per heavy atom. The van der Waals surface area contributed by atoms with Crippen molar-refractivity contribution in [3.63, 3.8) is 0 Å². The number of rotatable bonds is 6. The van der Waals surface area contributed by atoms with Gasteiger partial charge in [-0.3, -0.25) is 0 Å². The Labute approximate surface area is 121 Å². The zero-order chi connectivity index (χ0) is 14.5. The van der Waals surface area contributed by atoms with Gasteiger partial charge in [-0.25, -0.2) is 4.39 Å². The largest absolute Gasteiger partial charge is 0.494 e. The van der Waals surface area contributed by atoms with Gasteiger partial charge in [-0.05, 0) is 50.6 Å². The van der Waals surface area contributed by atoms with E-state index >= 15 is 0 Å². The minimum atomic E-state index is -0.285. The fourth-order valence-electron chi connectivity index (χ4n) is 3.22. The van der Waals surface area contributed by atoms with E-state index in [9.17, 15) is 4.39 Å². The number of nitrogens with zero attached hydrogens (tertiary/aromatic N) is 1. The van der Waals surface area contributed by atoms with Crippen LogP contribution >= 0.6 is 0 Å². The standard InChI is InChI=1S/C16H25FN2O/c1-18-15-6-4-5-13(15)11-19(2)10-12-7-8-16(20-3)14(17)9-12/h7-9,13,15,18H,4-6,10-11H2,1-3H3. The monoisotopic (exact) mass is 280 g/mol. The van der Waals surface area contributed by atoms with E-state index in [0.29, 0.717) is 17.7 Å². The molecule has 1 aromatic carbocycles. The van der Waals surface area contributed by atoms with Gasteiger partial charge >= 0.3 is 0 Å². The van der Waals surface area contributed by atoms with Crippen molar-refractivity contribution < 1.29 is 9.13 Å². The summed E-state index contributed by atoms with van der Waals surface area (Å²) in [5.74, 6) is 0.725. The van der Waals surface area contributed by atoms with E-state index in [4.69, 9.17) is 4.74 Å². The summed E-state index contributed by atoms with van der Waals surface area (Å²) < 4.78 is 18.6. The van der Waals surface area contributed by atoms with Crippen LogP contribution in [0.25, 0.3) is 0 Å². The summed E-state index contributed by atoms with van der Waals surface area (Å²) >= 11 is 0. The molecule has 3 nitrogen and oxygen atoms in total. The molecule has 4 heteroatoms. The summed E-state index contributed by atoms with van der Waals surface area (Å²) in [4.78, 5) is 2.28. The first kappa shape index (κ1) is 15.3. The first-order valence-corrected chi connectivity index (χ1v) is 7.32. The van der Waals surface area contributed by atoms with Crippen molar-refractivity contribution in [1.82, 2.24) is 10.2 Å². The van der Waals surface area contributed by atoms with Crippen molar-refractivity contribution in [1.29, 1.82) is 0 Å². The fourth-order valence-corrected chi connectivity index (χ4v) is 3.22. The zero-order valence-electron chi connectivity index (χ0n) is 12.7. The third kappa shape index (κ3) is 3.70. The van der Waals surface area contributed by atoms with Crippen LogP contribution in [0, 0.1) is 11.7 Å². The van der Waals surface area contributed by atoms with E-state index in [1.807, 2.05) is 13.1 Å². The van der Waals surface area contributed by atoms with Crippen molar-refractivity contribution in [3.05, 3.63) is 29.6 Å².